The van der Waals surface area contributed by atoms with Gasteiger partial charge in [-0.1, -0.05) is 13.8 Å². The number of nitrogens with zero attached hydrogens (tertiary/aromatic N) is 1. The molecular weight excluding hydrogens is 150 g/mol. The van der Waals surface area contributed by atoms with Crippen LogP contribution in [0.3, 0.4) is 0 Å². The first-order chi connectivity index (χ1) is 5.74. The van der Waals surface area contributed by atoms with E-state index in [-0.39, 0.29) is 0 Å². The smallest absolute Gasteiger partial charge is 0.200 e. The lowest BCUT2D eigenvalue weighted by Gasteiger charge is -1.93. The van der Waals surface area contributed by atoms with Crippen LogP contribution in [0.4, 0.5) is 5.95 Å². The minimum absolute atomic E-state index is 0.873. The van der Waals surface area contributed by atoms with Gasteiger partial charge in [-0.05, 0) is 20.8 Å². The van der Waals surface area contributed by atoms with Crippen LogP contribution in [0.25, 0.3) is 0 Å². The molecule has 0 aliphatic heterocycles. The van der Waals surface area contributed by atoms with Crippen molar-refractivity contribution >= 4 is 5.95 Å². The zero-order valence-corrected chi connectivity index (χ0v) is 8.65. The molecule has 0 spiro atoms. The summed E-state index contributed by atoms with van der Waals surface area (Å²) in [6.45, 7) is 11.0. The van der Waals surface area contributed by atoms with Crippen molar-refractivity contribution in [2.75, 3.05) is 11.9 Å². The van der Waals surface area contributed by atoms with E-state index in [1.165, 1.54) is 0 Å². The van der Waals surface area contributed by atoms with Crippen molar-refractivity contribution in [3.63, 3.8) is 0 Å². The van der Waals surface area contributed by atoms with Crippen molar-refractivity contribution in [1.82, 2.24) is 9.97 Å². The van der Waals surface area contributed by atoms with Crippen LogP contribution in [0, 0.1) is 13.8 Å². The summed E-state index contributed by atoms with van der Waals surface area (Å²) in [5.41, 5.74) is 2.20. The molecule has 1 aromatic rings. The second-order valence-corrected chi connectivity index (χ2v) is 2.33. The van der Waals surface area contributed by atoms with Crippen LogP contribution < -0.4 is 5.32 Å². The number of hydrogen-bond donors (Lipinski definition) is 2. The molecule has 0 fully saturated rings. The average molecular weight is 169 g/mol. The fourth-order valence-electron chi connectivity index (χ4n) is 0.799. The molecule has 0 bridgehead atoms. The average Bonchev–Trinajstić information content (AvgIpc) is 2.36. The predicted molar refractivity (Wildman–Crippen MR) is 53.6 cm³/mol. The number of rotatable bonds is 2. The maximum Gasteiger partial charge on any atom is 0.200 e. The summed E-state index contributed by atoms with van der Waals surface area (Å²) in [5, 5.41) is 3.10. The Bertz CT molecular complexity index is 196. The molecule has 0 aliphatic rings. The van der Waals surface area contributed by atoms with Gasteiger partial charge in [0.15, 0.2) is 0 Å². The van der Waals surface area contributed by atoms with Crippen molar-refractivity contribution in [3.05, 3.63) is 11.4 Å². The number of aryl methyl sites for hydroxylation is 2. The Hall–Kier alpha value is -0.990. The second kappa shape index (κ2) is 5.63. The molecule has 12 heavy (non-hydrogen) atoms. The summed E-state index contributed by atoms with van der Waals surface area (Å²) < 4.78 is 0. The molecule has 70 valence electrons. The normalized spacial score (nSPS) is 8.75. The van der Waals surface area contributed by atoms with Crippen molar-refractivity contribution in [1.29, 1.82) is 0 Å². The highest BCUT2D eigenvalue weighted by molar-refractivity contribution is 5.29. The molecule has 0 aromatic carbocycles. The third-order valence-electron chi connectivity index (χ3n) is 1.47. The van der Waals surface area contributed by atoms with Crippen LogP contribution in [0.2, 0.25) is 0 Å². The second-order valence-electron chi connectivity index (χ2n) is 2.33. The quantitative estimate of drug-likeness (QED) is 0.714. The molecule has 3 nitrogen and oxygen atoms in total. The number of imidazole rings is 1. The molecule has 0 saturated heterocycles. The van der Waals surface area contributed by atoms with E-state index in [1.54, 1.807) is 0 Å². The molecule has 0 atom stereocenters. The molecule has 0 aliphatic carbocycles. The van der Waals surface area contributed by atoms with Crippen LogP contribution in [-0.2, 0) is 0 Å². The summed E-state index contributed by atoms with van der Waals surface area (Å²) >= 11 is 0. The van der Waals surface area contributed by atoms with Crippen LogP contribution in [0.5, 0.6) is 0 Å². The Kier molecular flexibility index (Phi) is 5.17. The van der Waals surface area contributed by atoms with Crippen LogP contribution in [0.15, 0.2) is 0 Å². The minimum Gasteiger partial charge on any atom is -0.356 e. The van der Waals surface area contributed by atoms with Gasteiger partial charge in [-0.25, -0.2) is 4.98 Å². The number of anilines is 1. The van der Waals surface area contributed by atoms with Gasteiger partial charge in [-0.2, -0.15) is 0 Å². The third-order valence-corrected chi connectivity index (χ3v) is 1.47. The van der Waals surface area contributed by atoms with E-state index in [2.05, 4.69) is 15.3 Å². The first-order valence-electron chi connectivity index (χ1n) is 4.51. The number of hydrogen-bond acceptors (Lipinski definition) is 2. The Morgan fingerprint density at radius 2 is 1.92 bits per heavy atom. The molecular formula is C9H19N3. The molecule has 0 unspecified atom stereocenters. The zero-order chi connectivity index (χ0) is 9.56. The minimum atomic E-state index is 0.873. The summed E-state index contributed by atoms with van der Waals surface area (Å²) in [7, 11) is 0. The SMILES string of the molecule is CC.CCNc1nc(C)c(C)[nH]1. The highest BCUT2D eigenvalue weighted by Crippen LogP contribution is 2.05. The lowest BCUT2D eigenvalue weighted by Crippen LogP contribution is -1.97. The van der Waals surface area contributed by atoms with Crippen LogP contribution in [0.1, 0.15) is 32.2 Å². The number of nitrogens with one attached hydrogen (secondary N) is 2. The van der Waals surface area contributed by atoms with Crippen molar-refractivity contribution in [3.8, 4) is 0 Å². The number of aromatic amines is 1. The molecule has 3 heteroatoms. The van der Waals surface area contributed by atoms with Gasteiger partial charge >= 0.3 is 0 Å². The molecule has 0 saturated carbocycles. The highest BCUT2D eigenvalue weighted by Gasteiger charge is 1.98. The Morgan fingerprint density at radius 1 is 1.33 bits per heavy atom. The van der Waals surface area contributed by atoms with Gasteiger partial charge in [0.1, 0.15) is 0 Å². The van der Waals surface area contributed by atoms with E-state index >= 15 is 0 Å². The zero-order valence-electron chi connectivity index (χ0n) is 8.65. The van der Waals surface area contributed by atoms with Gasteiger partial charge < -0.3 is 10.3 Å². The van der Waals surface area contributed by atoms with Gasteiger partial charge in [-0.3, -0.25) is 0 Å². The molecule has 1 heterocycles. The maximum atomic E-state index is 4.23. The summed E-state index contributed by atoms with van der Waals surface area (Å²) in [6, 6.07) is 0. The van der Waals surface area contributed by atoms with Crippen LogP contribution in [-0.4, -0.2) is 16.5 Å². The summed E-state index contributed by atoms with van der Waals surface area (Å²) in [4.78, 5) is 7.36. The fraction of sp³-hybridized carbons (Fsp3) is 0.667. The monoisotopic (exact) mass is 169 g/mol. The standard InChI is InChI=1S/C7H13N3.C2H6/c1-4-8-7-9-5(2)6(3)10-7;1-2/h4H2,1-3H3,(H2,8,9,10);1-2H3. The van der Waals surface area contributed by atoms with Crippen molar-refractivity contribution < 1.29 is 0 Å². The Balaban J connectivity index is 0.000000561. The molecule has 0 radical (unpaired) electrons. The maximum absolute atomic E-state index is 4.23. The van der Waals surface area contributed by atoms with E-state index in [4.69, 9.17) is 0 Å². The van der Waals surface area contributed by atoms with Crippen molar-refractivity contribution in [2.24, 2.45) is 0 Å². The molecule has 1 rings (SSSR count). The van der Waals surface area contributed by atoms with Gasteiger partial charge in [0, 0.05) is 12.2 Å². The number of H-pyrrole nitrogens is 1. The topological polar surface area (TPSA) is 40.7 Å². The largest absolute Gasteiger partial charge is 0.356 e. The lowest BCUT2D eigenvalue weighted by atomic mass is 10.4. The van der Waals surface area contributed by atoms with Gasteiger partial charge in [0.2, 0.25) is 5.95 Å². The van der Waals surface area contributed by atoms with Crippen molar-refractivity contribution in [2.45, 2.75) is 34.6 Å². The van der Waals surface area contributed by atoms with E-state index in [0.717, 1.165) is 23.9 Å². The third kappa shape index (κ3) is 2.95. The molecule has 2 N–H and O–H groups in total. The Morgan fingerprint density at radius 3 is 2.25 bits per heavy atom. The molecule has 0 amide bonds. The van der Waals surface area contributed by atoms with Gasteiger partial charge in [0.25, 0.3) is 0 Å². The lowest BCUT2D eigenvalue weighted by molar-refractivity contribution is 1.12. The summed E-state index contributed by atoms with van der Waals surface area (Å²) in [6.07, 6.45) is 0. The van der Waals surface area contributed by atoms with Crippen LogP contribution >= 0.6 is 0 Å². The van der Waals surface area contributed by atoms with E-state index in [9.17, 15) is 0 Å². The highest BCUT2D eigenvalue weighted by atomic mass is 15.1. The Labute approximate surface area is 74.6 Å². The van der Waals surface area contributed by atoms with E-state index in [1.807, 2.05) is 34.6 Å². The van der Waals surface area contributed by atoms with Gasteiger partial charge in [0.05, 0.1) is 5.69 Å². The van der Waals surface area contributed by atoms with Gasteiger partial charge in [-0.15, -0.1) is 0 Å². The first-order valence-corrected chi connectivity index (χ1v) is 4.51. The predicted octanol–water partition coefficient (Wildman–Crippen LogP) is 2.48. The van der Waals surface area contributed by atoms with E-state index < -0.39 is 0 Å². The molecule has 1 aromatic heterocycles. The fourth-order valence-corrected chi connectivity index (χ4v) is 0.799. The van der Waals surface area contributed by atoms with E-state index in [0.29, 0.717) is 0 Å². The first kappa shape index (κ1) is 11.0. The number of aromatic nitrogens is 2. The summed E-state index contributed by atoms with van der Waals surface area (Å²) in [5.74, 6) is 0.873.